The molecule has 7 nitrogen and oxygen atoms in total. The second kappa shape index (κ2) is 11.3. The molecule has 27 heavy (non-hydrogen) atoms. The number of amides is 1. The fourth-order valence-corrected chi connectivity index (χ4v) is 3.52. The normalized spacial score (nSPS) is 20.5. The highest BCUT2D eigenvalue weighted by Gasteiger charge is 2.33. The van der Waals surface area contributed by atoms with Crippen LogP contribution in [-0.4, -0.2) is 91.8 Å². The first-order valence-corrected chi connectivity index (χ1v) is 10.4. The monoisotopic (exact) mass is 493 g/mol. The minimum Gasteiger partial charge on any atom is -0.450 e. The molecular formula is C19H36IN5O2. The summed E-state index contributed by atoms with van der Waals surface area (Å²) >= 11 is 0. The summed E-state index contributed by atoms with van der Waals surface area (Å²) in [6.45, 7) is 11.4. The van der Waals surface area contributed by atoms with Gasteiger partial charge in [-0.1, -0.05) is 0 Å². The Kier molecular flexibility index (Phi) is 9.41. The van der Waals surface area contributed by atoms with Gasteiger partial charge in [-0.2, -0.15) is 0 Å². The fourth-order valence-electron chi connectivity index (χ4n) is 3.52. The van der Waals surface area contributed by atoms with Crippen LogP contribution in [-0.2, 0) is 4.74 Å². The molecule has 1 N–H and O–H groups in total. The summed E-state index contributed by atoms with van der Waals surface area (Å²) in [7, 11) is 0. The maximum absolute atomic E-state index is 11.8. The van der Waals surface area contributed by atoms with Crippen molar-refractivity contribution in [2.45, 2.75) is 45.6 Å². The Morgan fingerprint density at radius 3 is 2.33 bits per heavy atom. The Morgan fingerprint density at radius 2 is 1.78 bits per heavy atom. The van der Waals surface area contributed by atoms with E-state index >= 15 is 0 Å². The van der Waals surface area contributed by atoms with E-state index in [0.29, 0.717) is 19.7 Å². The summed E-state index contributed by atoms with van der Waals surface area (Å²) < 4.78 is 5.10. The van der Waals surface area contributed by atoms with E-state index in [0.717, 1.165) is 50.6 Å². The summed E-state index contributed by atoms with van der Waals surface area (Å²) in [5.74, 6) is 1.93. The zero-order chi connectivity index (χ0) is 18.4. The van der Waals surface area contributed by atoms with Crippen LogP contribution < -0.4 is 5.32 Å². The molecule has 1 aliphatic heterocycles. The molecule has 2 saturated carbocycles. The topological polar surface area (TPSA) is 60.4 Å². The van der Waals surface area contributed by atoms with Gasteiger partial charge in [-0.15, -0.1) is 24.0 Å². The van der Waals surface area contributed by atoms with E-state index in [2.05, 4.69) is 22.0 Å². The van der Waals surface area contributed by atoms with Gasteiger partial charge in [0.15, 0.2) is 5.96 Å². The lowest BCUT2D eigenvalue weighted by molar-refractivity contribution is 0.0914. The predicted octanol–water partition coefficient (Wildman–Crippen LogP) is 2.22. The molecule has 0 aromatic rings. The van der Waals surface area contributed by atoms with E-state index in [1.165, 1.54) is 32.2 Å². The number of carbonyl (C=O) groups is 1. The highest BCUT2D eigenvalue weighted by Crippen LogP contribution is 2.34. The van der Waals surface area contributed by atoms with Crippen LogP contribution in [0.25, 0.3) is 0 Å². The fraction of sp³-hybridized carbons (Fsp3) is 0.895. The lowest BCUT2D eigenvalue weighted by Gasteiger charge is -2.36. The van der Waals surface area contributed by atoms with Gasteiger partial charge >= 0.3 is 6.09 Å². The van der Waals surface area contributed by atoms with E-state index in [1.54, 1.807) is 4.90 Å². The summed E-state index contributed by atoms with van der Waals surface area (Å²) in [5.41, 5.74) is 0. The number of halogens is 1. The Bertz CT molecular complexity index is 488. The summed E-state index contributed by atoms with van der Waals surface area (Å²) in [5, 5.41) is 3.42. The number of nitrogens with zero attached hydrogens (tertiary/aromatic N) is 4. The molecule has 8 heteroatoms. The first-order valence-electron chi connectivity index (χ1n) is 10.4. The van der Waals surface area contributed by atoms with Crippen LogP contribution in [0.1, 0.15) is 39.5 Å². The lowest BCUT2D eigenvalue weighted by Crippen LogP contribution is -2.54. The zero-order valence-electron chi connectivity index (χ0n) is 16.9. The maximum atomic E-state index is 11.8. The first kappa shape index (κ1) is 22.5. The van der Waals surface area contributed by atoms with E-state index in [1.807, 2.05) is 6.92 Å². The first-order chi connectivity index (χ1) is 12.7. The van der Waals surface area contributed by atoms with Crippen molar-refractivity contribution in [1.82, 2.24) is 20.0 Å². The van der Waals surface area contributed by atoms with Crippen LogP contribution >= 0.6 is 24.0 Å². The molecule has 3 fully saturated rings. The summed E-state index contributed by atoms with van der Waals surface area (Å²) in [6.07, 6.45) is 5.37. The number of carbonyl (C=O) groups excluding carboxylic acids is 1. The third-order valence-corrected chi connectivity index (χ3v) is 5.34. The lowest BCUT2D eigenvalue weighted by atomic mass is 10.3. The van der Waals surface area contributed by atoms with Gasteiger partial charge in [0.1, 0.15) is 0 Å². The predicted molar refractivity (Wildman–Crippen MR) is 119 cm³/mol. The molecule has 3 rings (SSSR count). The van der Waals surface area contributed by atoms with Crippen molar-refractivity contribution in [1.29, 1.82) is 0 Å². The molecule has 0 unspecified atom stereocenters. The largest absolute Gasteiger partial charge is 0.450 e. The zero-order valence-corrected chi connectivity index (χ0v) is 19.2. The van der Waals surface area contributed by atoms with Gasteiger partial charge in [0.2, 0.25) is 0 Å². The molecule has 156 valence electrons. The number of nitrogens with one attached hydrogen (secondary N) is 1. The number of hydrogen-bond donors (Lipinski definition) is 1. The van der Waals surface area contributed by atoms with Crippen LogP contribution in [0.3, 0.4) is 0 Å². The van der Waals surface area contributed by atoms with Crippen molar-refractivity contribution in [2.75, 3.05) is 59.0 Å². The molecule has 0 aromatic carbocycles. The molecule has 1 heterocycles. The van der Waals surface area contributed by atoms with Gasteiger partial charge in [0, 0.05) is 51.9 Å². The highest BCUT2D eigenvalue weighted by atomic mass is 127. The Balaban J connectivity index is 0.00000261. The second-order valence-electron chi connectivity index (χ2n) is 7.58. The highest BCUT2D eigenvalue weighted by molar-refractivity contribution is 14.0. The van der Waals surface area contributed by atoms with Gasteiger partial charge in [0.05, 0.1) is 13.2 Å². The molecule has 3 aliphatic rings. The summed E-state index contributed by atoms with van der Waals surface area (Å²) in [4.78, 5) is 23.4. The molecule has 1 amide bonds. The maximum Gasteiger partial charge on any atom is 0.409 e. The molecule has 0 bridgehead atoms. The van der Waals surface area contributed by atoms with E-state index in [9.17, 15) is 4.79 Å². The molecular weight excluding hydrogens is 457 g/mol. The van der Waals surface area contributed by atoms with Crippen molar-refractivity contribution in [3.05, 3.63) is 0 Å². The van der Waals surface area contributed by atoms with Crippen LogP contribution in [0, 0.1) is 5.92 Å². The Hall–Kier alpha value is -0.770. The minimum absolute atomic E-state index is 0. The third kappa shape index (κ3) is 7.29. The standard InChI is InChI=1S/C19H35N5O2.HI/c1-3-20-18(22-11-13-23(14-12-22)19(25)26-4-2)21-9-10-24(17-7-8-17)15-16-5-6-16;/h16-17H,3-15H2,1-2H3,(H,20,21);1H. The minimum atomic E-state index is -0.200. The second-order valence-corrected chi connectivity index (χ2v) is 7.58. The molecule has 0 aromatic heterocycles. The summed E-state index contributed by atoms with van der Waals surface area (Å²) in [6, 6.07) is 0.821. The van der Waals surface area contributed by atoms with E-state index < -0.39 is 0 Å². The van der Waals surface area contributed by atoms with Gasteiger partial charge < -0.3 is 19.9 Å². The Labute approximate surface area is 180 Å². The average Bonchev–Trinajstić information content (AvgIpc) is 3.54. The van der Waals surface area contributed by atoms with Crippen LogP contribution in [0.2, 0.25) is 0 Å². The van der Waals surface area contributed by atoms with Crippen molar-refractivity contribution in [2.24, 2.45) is 10.9 Å². The quantitative estimate of drug-likeness (QED) is 0.319. The van der Waals surface area contributed by atoms with Crippen molar-refractivity contribution < 1.29 is 9.53 Å². The SMILES string of the molecule is CCNC(=NCCN(CC1CC1)C1CC1)N1CCN(C(=O)OCC)CC1.I. The molecule has 0 atom stereocenters. The van der Waals surface area contributed by atoms with Crippen LogP contribution in [0.15, 0.2) is 4.99 Å². The van der Waals surface area contributed by atoms with Gasteiger partial charge in [-0.05, 0) is 45.4 Å². The molecule has 0 radical (unpaired) electrons. The van der Waals surface area contributed by atoms with E-state index in [-0.39, 0.29) is 30.1 Å². The molecule has 1 saturated heterocycles. The van der Waals surface area contributed by atoms with Gasteiger partial charge in [-0.25, -0.2) is 4.79 Å². The van der Waals surface area contributed by atoms with E-state index in [4.69, 9.17) is 9.73 Å². The van der Waals surface area contributed by atoms with Crippen molar-refractivity contribution in [3.63, 3.8) is 0 Å². The number of piperazine rings is 1. The number of guanidine groups is 1. The Morgan fingerprint density at radius 1 is 1.11 bits per heavy atom. The average molecular weight is 493 g/mol. The van der Waals surface area contributed by atoms with Gasteiger partial charge in [-0.3, -0.25) is 9.89 Å². The van der Waals surface area contributed by atoms with Crippen LogP contribution in [0.5, 0.6) is 0 Å². The van der Waals surface area contributed by atoms with Crippen LogP contribution in [0.4, 0.5) is 4.79 Å². The number of rotatable bonds is 8. The number of ether oxygens (including phenoxy) is 1. The number of aliphatic imine (C=N–C) groups is 1. The molecule has 2 aliphatic carbocycles. The van der Waals surface area contributed by atoms with Gasteiger partial charge in [0.25, 0.3) is 0 Å². The number of hydrogen-bond acceptors (Lipinski definition) is 4. The van der Waals surface area contributed by atoms with Crippen molar-refractivity contribution in [3.8, 4) is 0 Å². The third-order valence-electron chi connectivity index (χ3n) is 5.34. The smallest absolute Gasteiger partial charge is 0.409 e. The van der Waals surface area contributed by atoms with Crippen molar-refractivity contribution >= 4 is 36.0 Å². The molecule has 0 spiro atoms.